The summed E-state index contributed by atoms with van der Waals surface area (Å²) in [6, 6.07) is 7.64. The maximum atomic E-state index is 13.3. The summed E-state index contributed by atoms with van der Waals surface area (Å²) in [4.78, 5) is 24.2. The lowest BCUT2D eigenvalue weighted by Gasteiger charge is -2.37. The third-order valence-electron chi connectivity index (χ3n) is 6.87. The third kappa shape index (κ3) is 4.00. The zero-order chi connectivity index (χ0) is 24.8. The molecule has 1 spiro atoms. The lowest BCUT2D eigenvalue weighted by molar-refractivity contribution is -0.125. The summed E-state index contributed by atoms with van der Waals surface area (Å²) in [5.74, 6) is 0.390. The number of likely N-dealkylation sites (N-methyl/N-ethyl adjacent to an activating group) is 2. The number of anilines is 2. The first kappa shape index (κ1) is 23.5. The molecule has 9 nitrogen and oxygen atoms in total. The lowest BCUT2D eigenvalue weighted by atomic mass is 9.64. The Morgan fingerprint density at radius 2 is 1.94 bits per heavy atom. The van der Waals surface area contributed by atoms with Crippen LogP contribution >= 0.6 is 0 Å². The average molecular weight is 496 g/mol. The molecule has 0 atom stereocenters. The molecule has 184 valence electrons. The Kier molecular flexibility index (Phi) is 5.88. The summed E-state index contributed by atoms with van der Waals surface area (Å²) in [5.41, 5.74) is 4.20. The van der Waals surface area contributed by atoms with E-state index in [2.05, 4.69) is 20.0 Å². The Morgan fingerprint density at radius 1 is 1.14 bits per heavy atom. The highest BCUT2D eigenvalue weighted by Gasteiger charge is 2.55. The maximum absolute atomic E-state index is 13.3. The molecule has 10 heteroatoms. The summed E-state index contributed by atoms with van der Waals surface area (Å²) >= 11 is 0. The summed E-state index contributed by atoms with van der Waals surface area (Å²) < 4.78 is 32.2. The standard InChI is InChI=1S/C25H29N5O4S/c1-4-30-21-15-27-19-7-6-16(12-18(19)22(21)25(24(30)31)8-5-9-25)17-13-20(29-35(3,32)33)23(28-14-17)34-11-10-26-2/h6-7,12-15,26,29H,4-5,8-11H2,1-3H3. The van der Waals surface area contributed by atoms with Crippen LogP contribution in [0, 0.1) is 0 Å². The minimum absolute atomic E-state index is 0.172. The number of sulfonamides is 1. The van der Waals surface area contributed by atoms with Gasteiger partial charge in [-0.3, -0.25) is 14.5 Å². The molecule has 2 aromatic heterocycles. The number of aromatic nitrogens is 2. The van der Waals surface area contributed by atoms with E-state index in [0.29, 0.717) is 19.7 Å². The molecule has 1 aromatic carbocycles. The van der Waals surface area contributed by atoms with Crippen molar-refractivity contribution in [3.05, 3.63) is 42.2 Å². The number of nitrogens with one attached hydrogen (secondary N) is 2. The van der Waals surface area contributed by atoms with Gasteiger partial charge >= 0.3 is 0 Å². The van der Waals surface area contributed by atoms with E-state index in [1.165, 1.54) is 0 Å². The molecule has 1 aliphatic heterocycles. The zero-order valence-corrected chi connectivity index (χ0v) is 20.9. The van der Waals surface area contributed by atoms with Gasteiger partial charge in [0.15, 0.2) is 0 Å². The summed E-state index contributed by atoms with van der Waals surface area (Å²) in [6.07, 6.45) is 7.31. The average Bonchev–Trinajstić information content (AvgIpc) is 3.07. The highest BCUT2D eigenvalue weighted by atomic mass is 32.2. The minimum Gasteiger partial charge on any atom is -0.475 e. The van der Waals surface area contributed by atoms with Gasteiger partial charge < -0.3 is 15.0 Å². The van der Waals surface area contributed by atoms with Crippen LogP contribution < -0.4 is 19.7 Å². The monoisotopic (exact) mass is 495 g/mol. The Hall–Kier alpha value is -3.24. The van der Waals surface area contributed by atoms with Crippen LogP contribution in [0.3, 0.4) is 0 Å². The quantitative estimate of drug-likeness (QED) is 0.462. The van der Waals surface area contributed by atoms with Gasteiger partial charge in [0.2, 0.25) is 21.8 Å². The third-order valence-corrected chi connectivity index (χ3v) is 7.46. The molecular weight excluding hydrogens is 466 g/mol. The number of benzene rings is 1. The van der Waals surface area contributed by atoms with Crippen LogP contribution in [0.25, 0.3) is 22.0 Å². The van der Waals surface area contributed by atoms with Crippen LogP contribution in [0.5, 0.6) is 5.88 Å². The van der Waals surface area contributed by atoms with Crippen molar-refractivity contribution in [3.63, 3.8) is 0 Å². The van der Waals surface area contributed by atoms with Gasteiger partial charge in [-0.2, -0.15) is 0 Å². The first-order valence-electron chi connectivity index (χ1n) is 11.8. The van der Waals surface area contributed by atoms with Gasteiger partial charge in [-0.1, -0.05) is 12.5 Å². The number of carbonyl (C=O) groups is 1. The van der Waals surface area contributed by atoms with Crippen LogP contribution in [0.4, 0.5) is 11.4 Å². The van der Waals surface area contributed by atoms with E-state index in [0.717, 1.165) is 58.8 Å². The normalized spacial score (nSPS) is 16.4. The fourth-order valence-corrected chi connectivity index (χ4v) is 5.65. The second kappa shape index (κ2) is 8.76. The number of hydrogen-bond donors (Lipinski definition) is 2. The number of ether oxygens (including phenoxy) is 1. The predicted molar refractivity (Wildman–Crippen MR) is 136 cm³/mol. The van der Waals surface area contributed by atoms with Gasteiger partial charge in [-0.25, -0.2) is 13.4 Å². The molecule has 2 aliphatic rings. The van der Waals surface area contributed by atoms with E-state index in [1.807, 2.05) is 43.3 Å². The minimum atomic E-state index is -3.54. The molecule has 1 amide bonds. The molecule has 3 aromatic rings. The highest BCUT2D eigenvalue weighted by molar-refractivity contribution is 7.92. The smallest absolute Gasteiger partial charge is 0.238 e. The van der Waals surface area contributed by atoms with Crippen molar-refractivity contribution < 1.29 is 17.9 Å². The van der Waals surface area contributed by atoms with Crippen molar-refractivity contribution in [2.75, 3.05) is 42.6 Å². The van der Waals surface area contributed by atoms with Crippen molar-refractivity contribution >= 4 is 38.2 Å². The first-order chi connectivity index (χ1) is 16.8. The Morgan fingerprint density at radius 3 is 2.60 bits per heavy atom. The van der Waals surface area contributed by atoms with Crippen LogP contribution in [0.2, 0.25) is 0 Å². The van der Waals surface area contributed by atoms with Crippen molar-refractivity contribution in [2.45, 2.75) is 31.6 Å². The second-order valence-electron chi connectivity index (χ2n) is 9.14. The van der Waals surface area contributed by atoms with E-state index >= 15 is 0 Å². The van der Waals surface area contributed by atoms with Gasteiger partial charge in [0, 0.05) is 35.8 Å². The van der Waals surface area contributed by atoms with Gasteiger partial charge in [-0.15, -0.1) is 0 Å². The topological polar surface area (TPSA) is 114 Å². The van der Waals surface area contributed by atoms with Crippen LogP contribution in [-0.2, 0) is 20.2 Å². The highest BCUT2D eigenvalue weighted by Crippen LogP contribution is 2.55. The van der Waals surface area contributed by atoms with Gasteiger partial charge in [0.05, 0.1) is 29.1 Å². The number of amides is 1. The molecule has 0 bridgehead atoms. The molecule has 35 heavy (non-hydrogen) atoms. The van der Waals surface area contributed by atoms with Crippen molar-refractivity contribution in [2.24, 2.45) is 0 Å². The van der Waals surface area contributed by atoms with Crippen molar-refractivity contribution in [1.82, 2.24) is 15.3 Å². The zero-order valence-electron chi connectivity index (χ0n) is 20.1. The van der Waals surface area contributed by atoms with Crippen LogP contribution in [0.15, 0.2) is 36.7 Å². The molecule has 3 heterocycles. The molecule has 2 N–H and O–H groups in total. The fraction of sp³-hybridized carbons (Fsp3) is 0.400. The molecule has 1 saturated carbocycles. The number of hydrogen-bond acceptors (Lipinski definition) is 7. The first-order valence-corrected chi connectivity index (χ1v) is 13.7. The van der Waals surface area contributed by atoms with Gasteiger partial charge in [0.1, 0.15) is 12.3 Å². The SMILES string of the molecule is CCN1C(=O)C2(CCC2)c2c1cnc1ccc(-c3cnc(OCCNC)c(NS(C)(=O)=O)c3)cc21. The number of carbonyl (C=O) groups excluding carboxylic acids is 1. The summed E-state index contributed by atoms with van der Waals surface area (Å²) in [6.45, 7) is 3.54. The molecule has 0 radical (unpaired) electrons. The van der Waals surface area contributed by atoms with Gasteiger partial charge in [-0.05, 0) is 50.6 Å². The predicted octanol–water partition coefficient (Wildman–Crippen LogP) is 3.05. The van der Waals surface area contributed by atoms with E-state index in [4.69, 9.17) is 4.74 Å². The Labute approximate surface area is 205 Å². The Balaban J connectivity index is 1.62. The lowest BCUT2D eigenvalue weighted by Crippen LogP contribution is -2.45. The molecule has 0 saturated heterocycles. The van der Waals surface area contributed by atoms with Crippen molar-refractivity contribution in [1.29, 1.82) is 0 Å². The van der Waals surface area contributed by atoms with E-state index in [-0.39, 0.29) is 17.5 Å². The molecule has 0 unspecified atom stereocenters. The molecule has 1 fully saturated rings. The number of pyridine rings is 2. The molecular formula is C25H29N5O4S. The Bertz CT molecular complexity index is 1420. The van der Waals surface area contributed by atoms with Crippen LogP contribution in [-0.4, -0.2) is 57.3 Å². The number of rotatable bonds is 8. The maximum Gasteiger partial charge on any atom is 0.238 e. The number of nitrogens with zero attached hydrogens (tertiary/aromatic N) is 3. The van der Waals surface area contributed by atoms with E-state index in [9.17, 15) is 13.2 Å². The van der Waals surface area contributed by atoms with E-state index < -0.39 is 15.4 Å². The summed E-state index contributed by atoms with van der Waals surface area (Å²) in [7, 11) is -1.73. The van der Waals surface area contributed by atoms with Crippen molar-refractivity contribution in [3.8, 4) is 17.0 Å². The second-order valence-corrected chi connectivity index (χ2v) is 10.9. The summed E-state index contributed by atoms with van der Waals surface area (Å²) in [5, 5.41) is 3.94. The molecule has 5 rings (SSSR count). The largest absolute Gasteiger partial charge is 0.475 e. The molecule has 1 aliphatic carbocycles. The van der Waals surface area contributed by atoms with Crippen LogP contribution in [0.1, 0.15) is 31.7 Å². The number of fused-ring (bicyclic) bond motifs is 4. The fourth-order valence-electron chi connectivity index (χ4n) is 5.10. The van der Waals surface area contributed by atoms with E-state index in [1.54, 1.807) is 12.3 Å². The van der Waals surface area contributed by atoms with Gasteiger partial charge in [0.25, 0.3) is 0 Å².